The van der Waals surface area contributed by atoms with Crippen LogP contribution in [-0.4, -0.2) is 15.4 Å². The van der Waals surface area contributed by atoms with E-state index >= 15 is 0 Å². The average Bonchev–Trinajstić information content (AvgIpc) is 3.70. The summed E-state index contributed by atoms with van der Waals surface area (Å²) in [6, 6.07) is 20.2. The van der Waals surface area contributed by atoms with E-state index in [9.17, 15) is 19.7 Å². The van der Waals surface area contributed by atoms with E-state index in [2.05, 4.69) is 26.2 Å². The number of hydrogen-bond donors (Lipinski definition) is 1. The first-order chi connectivity index (χ1) is 19.8. The van der Waals surface area contributed by atoms with Crippen LogP contribution >= 0.6 is 38.6 Å². The molecule has 41 heavy (non-hydrogen) atoms. The van der Waals surface area contributed by atoms with E-state index in [1.807, 2.05) is 35.7 Å². The monoisotopic (exact) mass is 646 g/mol. The van der Waals surface area contributed by atoms with Gasteiger partial charge in [-0.25, -0.2) is 4.99 Å². The zero-order chi connectivity index (χ0) is 28.7. The number of aromatic nitrogens is 1. The van der Waals surface area contributed by atoms with Gasteiger partial charge in [-0.05, 0) is 64.6 Å². The molecule has 3 aromatic heterocycles. The lowest BCUT2D eigenvalue weighted by Crippen LogP contribution is -2.40. The van der Waals surface area contributed by atoms with Gasteiger partial charge < -0.3 is 9.73 Å². The van der Waals surface area contributed by atoms with Gasteiger partial charge in [-0.3, -0.25) is 24.3 Å². The fraction of sp³-hybridized carbons (Fsp3) is 0.0690. The lowest BCUT2D eigenvalue weighted by atomic mass is 10.0. The number of nitro groups is 1. The first-order valence-electron chi connectivity index (χ1n) is 12.3. The number of halogens is 1. The summed E-state index contributed by atoms with van der Waals surface area (Å²) in [6.07, 6.45) is 1.64. The number of nitrogens with one attached hydrogen (secondary N) is 1. The molecule has 6 rings (SSSR count). The molecule has 9 nitrogen and oxygen atoms in total. The van der Waals surface area contributed by atoms with Gasteiger partial charge in [0, 0.05) is 38.8 Å². The van der Waals surface area contributed by atoms with Crippen molar-refractivity contribution in [3.05, 3.63) is 134 Å². The second kappa shape index (κ2) is 10.9. The number of non-ortho nitro benzene ring substituents is 1. The van der Waals surface area contributed by atoms with Crippen molar-refractivity contribution in [3.63, 3.8) is 0 Å². The van der Waals surface area contributed by atoms with Crippen LogP contribution in [0.2, 0.25) is 0 Å². The molecule has 1 atom stereocenters. The van der Waals surface area contributed by atoms with Crippen LogP contribution in [-0.2, 0) is 4.79 Å². The zero-order valence-corrected chi connectivity index (χ0v) is 24.5. The number of thiophene rings is 1. The molecule has 0 fully saturated rings. The van der Waals surface area contributed by atoms with Crippen molar-refractivity contribution in [2.45, 2.75) is 13.0 Å². The molecule has 4 heterocycles. The highest BCUT2D eigenvalue weighted by Crippen LogP contribution is 2.34. The molecule has 0 saturated carbocycles. The van der Waals surface area contributed by atoms with Crippen molar-refractivity contribution in [2.75, 3.05) is 5.32 Å². The highest BCUT2D eigenvalue weighted by atomic mass is 79.9. The van der Waals surface area contributed by atoms with Gasteiger partial charge >= 0.3 is 0 Å². The van der Waals surface area contributed by atoms with E-state index in [4.69, 9.17) is 4.42 Å². The molecule has 1 unspecified atom stereocenters. The van der Waals surface area contributed by atoms with Crippen LogP contribution in [0.15, 0.2) is 108 Å². The Bertz CT molecular complexity index is 2020. The number of hydrogen-bond acceptors (Lipinski definition) is 8. The molecule has 1 aliphatic heterocycles. The van der Waals surface area contributed by atoms with Gasteiger partial charge in [0.05, 0.1) is 20.7 Å². The summed E-state index contributed by atoms with van der Waals surface area (Å²) in [6.45, 7) is 1.78. The average molecular weight is 648 g/mol. The van der Waals surface area contributed by atoms with Gasteiger partial charge in [-0.1, -0.05) is 35.6 Å². The SMILES string of the molecule is CC1=C(C(=O)Nc2ccccc2)C(c2cccs2)n2c(s/c(=C\c3ccc(-c4ccc([N+](=O)[O-])cc4Br)o3)c2=O)=N1. The number of carbonyl (C=O) groups is 1. The standard InChI is InChI=1S/C29H19BrN4O5S2/c1-16-25(27(35)32-17-6-3-2-4-7-17)26(23-8-5-13-40-23)33-28(36)24(41-29(33)31-16)15-19-10-12-22(39-19)20-11-9-18(34(37)38)14-21(20)30/h2-15,26H,1H3,(H,32,35)/b24-15-. The van der Waals surface area contributed by atoms with Gasteiger partial charge in [0.15, 0.2) is 4.80 Å². The topological polar surface area (TPSA) is 120 Å². The minimum atomic E-state index is -0.639. The summed E-state index contributed by atoms with van der Waals surface area (Å²) in [4.78, 5) is 43.9. The smallest absolute Gasteiger partial charge is 0.271 e. The Kier molecular flexibility index (Phi) is 7.12. The van der Waals surface area contributed by atoms with E-state index in [-0.39, 0.29) is 17.2 Å². The third-order valence-corrected chi connectivity index (χ3v) is 9.00. The Morgan fingerprint density at radius 3 is 2.66 bits per heavy atom. The molecule has 204 valence electrons. The lowest BCUT2D eigenvalue weighted by Gasteiger charge is -2.24. The molecule has 1 amide bonds. The number of anilines is 1. The molecule has 0 bridgehead atoms. The number of carbonyl (C=O) groups excluding carboxylic acids is 1. The molecule has 0 aliphatic carbocycles. The highest BCUT2D eigenvalue weighted by molar-refractivity contribution is 9.10. The number of benzene rings is 2. The van der Waals surface area contributed by atoms with E-state index in [1.165, 1.54) is 34.8 Å². The number of furan rings is 1. The van der Waals surface area contributed by atoms with E-state index in [1.54, 1.807) is 47.9 Å². The van der Waals surface area contributed by atoms with Gasteiger partial charge in [-0.15, -0.1) is 11.3 Å². The maximum atomic E-state index is 13.8. The van der Waals surface area contributed by atoms with Crippen LogP contribution in [0.1, 0.15) is 23.6 Å². The number of para-hydroxylation sites is 1. The summed E-state index contributed by atoms with van der Waals surface area (Å²) >= 11 is 6.05. The first kappa shape index (κ1) is 26.8. The largest absolute Gasteiger partial charge is 0.457 e. The van der Waals surface area contributed by atoms with E-state index in [0.29, 0.717) is 47.8 Å². The third kappa shape index (κ3) is 5.12. The zero-order valence-electron chi connectivity index (χ0n) is 21.2. The fourth-order valence-electron chi connectivity index (χ4n) is 4.57. The molecule has 0 spiro atoms. The van der Waals surface area contributed by atoms with Gasteiger partial charge in [0.25, 0.3) is 17.2 Å². The second-order valence-electron chi connectivity index (χ2n) is 9.04. The van der Waals surface area contributed by atoms with Crippen LogP contribution in [0.5, 0.6) is 0 Å². The van der Waals surface area contributed by atoms with E-state index < -0.39 is 11.0 Å². The van der Waals surface area contributed by atoms with Crippen LogP contribution in [0.25, 0.3) is 17.4 Å². The quantitative estimate of drug-likeness (QED) is 0.183. The number of fused-ring (bicyclic) bond motifs is 1. The van der Waals surface area contributed by atoms with Crippen molar-refractivity contribution in [1.29, 1.82) is 0 Å². The van der Waals surface area contributed by atoms with Crippen molar-refractivity contribution in [3.8, 4) is 11.3 Å². The van der Waals surface area contributed by atoms with Gasteiger partial charge in [-0.2, -0.15) is 0 Å². The predicted octanol–water partition coefficient (Wildman–Crippen LogP) is 5.87. The molecule has 12 heteroatoms. The molecule has 5 aromatic rings. The number of thiazole rings is 1. The first-order valence-corrected chi connectivity index (χ1v) is 14.8. The minimum Gasteiger partial charge on any atom is -0.457 e. The predicted molar refractivity (Wildman–Crippen MR) is 162 cm³/mol. The van der Waals surface area contributed by atoms with Gasteiger partial charge in [0.2, 0.25) is 0 Å². The Morgan fingerprint density at radius 1 is 1.15 bits per heavy atom. The van der Waals surface area contributed by atoms with Crippen molar-refractivity contribution >= 4 is 62.0 Å². The summed E-state index contributed by atoms with van der Waals surface area (Å²) in [7, 11) is 0. The normalized spacial score (nSPS) is 15.0. The third-order valence-electron chi connectivity index (χ3n) is 6.44. The summed E-state index contributed by atoms with van der Waals surface area (Å²) in [5, 5.41) is 15.9. The molecule has 0 saturated heterocycles. The molecule has 0 radical (unpaired) electrons. The Hall–Kier alpha value is -4.39. The minimum absolute atomic E-state index is 0.0408. The van der Waals surface area contributed by atoms with Gasteiger partial charge in [0.1, 0.15) is 17.6 Å². The number of rotatable bonds is 6. The van der Waals surface area contributed by atoms with Crippen LogP contribution in [0.3, 0.4) is 0 Å². The summed E-state index contributed by atoms with van der Waals surface area (Å²) in [5.74, 6) is 0.591. The number of nitro benzene ring substituents is 1. The van der Waals surface area contributed by atoms with Crippen molar-refractivity contribution in [2.24, 2.45) is 4.99 Å². The van der Waals surface area contributed by atoms with Crippen LogP contribution in [0.4, 0.5) is 11.4 Å². The highest BCUT2D eigenvalue weighted by Gasteiger charge is 2.33. The summed E-state index contributed by atoms with van der Waals surface area (Å²) < 4.78 is 8.46. The molecule has 2 aromatic carbocycles. The Morgan fingerprint density at radius 2 is 1.95 bits per heavy atom. The maximum absolute atomic E-state index is 13.8. The molecular weight excluding hydrogens is 628 g/mol. The number of nitrogens with zero attached hydrogens (tertiary/aromatic N) is 3. The number of amides is 1. The molecular formula is C29H19BrN4O5S2. The second-order valence-corrected chi connectivity index (χ2v) is 11.9. The molecule has 1 aliphatic rings. The van der Waals surface area contributed by atoms with E-state index in [0.717, 1.165) is 4.88 Å². The Labute approximate surface area is 248 Å². The fourth-order valence-corrected chi connectivity index (χ4v) is 6.98. The number of allylic oxidation sites excluding steroid dienone is 1. The van der Waals surface area contributed by atoms with Crippen LogP contribution < -0.4 is 20.2 Å². The van der Waals surface area contributed by atoms with Crippen molar-refractivity contribution in [1.82, 2.24) is 4.57 Å². The van der Waals surface area contributed by atoms with Crippen molar-refractivity contribution < 1.29 is 14.1 Å². The molecule has 1 N–H and O–H groups in total. The maximum Gasteiger partial charge on any atom is 0.271 e. The van der Waals surface area contributed by atoms with Crippen LogP contribution in [0, 0.1) is 10.1 Å². The summed E-state index contributed by atoms with van der Waals surface area (Å²) in [5.41, 5.74) is 1.89. The lowest BCUT2D eigenvalue weighted by molar-refractivity contribution is -0.384. The Balaban J connectivity index is 1.40.